The largest absolute Gasteiger partial charge is 0.322 e. The number of thiocarbonyl (C=S) groups is 1. The molecule has 1 heterocycles. The van der Waals surface area contributed by atoms with Gasteiger partial charge in [-0.2, -0.15) is 0 Å². The first-order valence-electron chi connectivity index (χ1n) is 6.94. The Morgan fingerprint density at radius 2 is 2.00 bits per heavy atom. The van der Waals surface area contributed by atoms with Gasteiger partial charge in [0.25, 0.3) is 11.8 Å². The summed E-state index contributed by atoms with van der Waals surface area (Å²) in [5.41, 5.74) is 1.80. The number of hydrogen-bond acceptors (Lipinski definition) is 4. The molecule has 1 saturated heterocycles. The third-order valence-electron chi connectivity index (χ3n) is 3.20. The van der Waals surface area contributed by atoms with E-state index in [1.54, 1.807) is 48.5 Å². The van der Waals surface area contributed by atoms with Crippen LogP contribution in [0, 0.1) is 0 Å². The molecule has 2 aromatic rings. The lowest BCUT2D eigenvalue weighted by molar-refractivity contribution is -0.115. The summed E-state index contributed by atoms with van der Waals surface area (Å²) in [6.45, 7) is 0. The number of nitrogens with one attached hydrogen (secondary N) is 2. The average Bonchev–Trinajstić information content (AvgIpc) is 2.85. The second-order valence-electron chi connectivity index (χ2n) is 4.91. The third-order valence-corrected chi connectivity index (χ3v) is 4.70. The van der Waals surface area contributed by atoms with Gasteiger partial charge in [0.2, 0.25) is 0 Å². The van der Waals surface area contributed by atoms with Gasteiger partial charge in [-0.15, -0.1) is 0 Å². The van der Waals surface area contributed by atoms with Crippen LogP contribution >= 0.6 is 35.6 Å². The number of halogens is 1. The van der Waals surface area contributed by atoms with E-state index in [4.69, 9.17) is 23.8 Å². The van der Waals surface area contributed by atoms with Crippen molar-refractivity contribution >= 4 is 63.5 Å². The van der Waals surface area contributed by atoms with Gasteiger partial charge in [-0.1, -0.05) is 59.8 Å². The summed E-state index contributed by atoms with van der Waals surface area (Å²) in [6.07, 6.45) is 1.73. The van der Waals surface area contributed by atoms with E-state index < -0.39 is 0 Å². The second-order valence-corrected chi connectivity index (χ2v) is 7.04. The zero-order chi connectivity index (χ0) is 17.1. The lowest BCUT2D eigenvalue weighted by Gasteiger charge is -2.07. The van der Waals surface area contributed by atoms with Gasteiger partial charge < -0.3 is 10.6 Å². The normalized spacial score (nSPS) is 15.5. The van der Waals surface area contributed by atoms with Crippen molar-refractivity contribution in [1.82, 2.24) is 5.32 Å². The maximum absolute atomic E-state index is 12.3. The predicted molar refractivity (Wildman–Crippen MR) is 102 cm³/mol. The number of carbonyl (C=O) groups excluding carboxylic acids is 2. The number of amides is 2. The van der Waals surface area contributed by atoms with Gasteiger partial charge in [0.15, 0.2) is 0 Å². The average molecular weight is 375 g/mol. The van der Waals surface area contributed by atoms with Gasteiger partial charge in [0, 0.05) is 5.69 Å². The highest BCUT2D eigenvalue weighted by Gasteiger charge is 2.21. The smallest absolute Gasteiger partial charge is 0.263 e. The van der Waals surface area contributed by atoms with Crippen molar-refractivity contribution in [2.45, 2.75) is 0 Å². The number of thioether (sulfide) groups is 1. The van der Waals surface area contributed by atoms with Crippen LogP contribution in [-0.4, -0.2) is 16.1 Å². The molecule has 24 heavy (non-hydrogen) atoms. The summed E-state index contributed by atoms with van der Waals surface area (Å²) >= 11 is 12.2. The summed E-state index contributed by atoms with van der Waals surface area (Å²) in [5, 5.41) is 5.75. The molecule has 0 aromatic heterocycles. The van der Waals surface area contributed by atoms with Crippen molar-refractivity contribution in [3.05, 3.63) is 69.6 Å². The van der Waals surface area contributed by atoms with E-state index in [-0.39, 0.29) is 11.8 Å². The molecule has 4 nitrogen and oxygen atoms in total. The van der Waals surface area contributed by atoms with Crippen molar-refractivity contribution < 1.29 is 9.59 Å². The molecule has 3 rings (SSSR count). The number of rotatable bonds is 3. The van der Waals surface area contributed by atoms with Crippen molar-refractivity contribution in [3.8, 4) is 0 Å². The van der Waals surface area contributed by atoms with E-state index in [2.05, 4.69) is 10.6 Å². The lowest BCUT2D eigenvalue weighted by atomic mass is 10.1. The van der Waals surface area contributed by atoms with Crippen LogP contribution in [0.3, 0.4) is 0 Å². The number of hydrogen-bond donors (Lipinski definition) is 2. The van der Waals surface area contributed by atoms with Crippen LogP contribution in [0.4, 0.5) is 5.69 Å². The van der Waals surface area contributed by atoms with Gasteiger partial charge in [0.1, 0.15) is 4.32 Å². The molecule has 0 saturated carbocycles. The van der Waals surface area contributed by atoms with Gasteiger partial charge in [-0.3, -0.25) is 9.59 Å². The number of anilines is 1. The van der Waals surface area contributed by atoms with Crippen molar-refractivity contribution in [2.24, 2.45) is 0 Å². The summed E-state index contributed by atoms with van der Waals surface area (Å²) in [7, 11) is 0. The molecule has 0 spiro atoms. The highest BCUT2D eigenvalue weighted by Crippen LogP contribution is 2.26. The summed E-state index contributed by atoms with van der Waals surface area (Å²) < 4.78 is 0.439. The van der Waals surface area contributed by atoms with Crippen molar-refractivity contribution in [3.63, 3.8) is 0 Å². The molecule has 0 bridgehead atoms. The molecule has 7 heteroatoms. The van der Waals surface area contributed by atoms with E-state index in [9.17, 15) is 9.59 Å². The SMILES string of the molecule is O=C1NC(=S)S/C1=C/c1cccc(NC(=O)c2ccccc2Cl)c1. The van der Waals surface area contributed by atoms with Gasteiger partial charge in [0.05, 0.1) is 15.5 Å². The highest BCUT2D eigenvalue weighted by molar-refractivity contribution is 8.26. The Bertz CT molecular complexity index is 880. The van der Waals surface area contributed by atoms with E-state index in [1.807, 2.05) is 6.07 Å². The van der Waals surface area contributed by atoms with E-state index >= 15 is 0 Å². The molecular formula is C17H11ClN2O2S2. The molecule has 0 aliphatic carbocycles. The number of benzene rings is 2. The Morgan fingerprint density at radius 3 is 2.71 bits per heavy atom. The van der Waals surface area contributed by atoms with Crippen LogP contribution in [0.25, 0.3) is 6.08 Å². The zero-order valence-corrected chi connectivity index (χ0v) is 14.6. The summed E-state index contributed by atoms with van der Waals surface area (Å²) in [5.74, 6) is -0.505. The molecule has 1 aliphatic rings. The van der Waals surface area contributed by atoms with Gasteiger partial charge >= 0.3 is 0 Å². The minimum absolute atomic E-state index is 0.212. The maximum Gasteiger partial charge on any atom is 0.263 e. The number of carbonyl (C=O) groups is 2. The third kappa shape index (κ3) is 3.84. The van der Waals surface area contributed by atoms with Crippen molar-refractivity contribution in [2.75, 3.05) is 5.32 Å². The predicted octanol–water partition coefficient (Wildman–Crippen LogP) is 4.08. The Morgan fingerprint density at radius 1 is 1.21 bits per heavy atom. The fourth-order valence-electron chi connectivity index (χ4n) is 2.12. The minimum Gasteiger partial charge on any atom is -0.322 e. The van der Waals surface area contributed by atoms with Crippen molar-refractivity contribution in [1.29, 1.82) is 0 Å². The lowest BCUT2D eigenvalue weighted by Crippen LogP contribution is -2.17. The molecule has 1 aliphatic heterocycles. The van der Waals surface area contributed by atoms with Crippen LogP contribution in [0.1, 0.15) is 15.9 Å². The summed E-state index contributed by atoms with van der Waals surface area (Å²) in [4.78, 5) is 24.5. The Hall–Kier alpha value is -2.15. The quantitative estimate of drug-likeness (QED) is 0.627. The molecule has 2 aromatic carbocycles. The Kier molecular flexibility index (Phi) is 4.99. The van der Waals surface area contributed by atoms with Crippen LogP contribution in [0.15, 0.2) is 53.4 Å². The fraction of sp³-hybridized carbons (Fsp3) is 0. The van der Waals surface area contributed by atoms with Crippen LogP contribution in [0.2, 0.25) is 5.02 Å². The van der Waals surface area contributed by atoms with Crippen LogP contribution in [0.5, 0.6) is 0 Å². The molecule has 2 amide bonds. The molecule has 0 radical (unpaired) electrons. The highest BCUT2D eigenvalue weighted by atomic mass is 35.5. The molecule has 2 N–H and O–H groups in total. The van der Waals surface area contributed by atoms with E-state index in [0.29, 0.717) is 25.5 Å². The fourth-order valence-corrected chi connectivity index (χ4v) is 3.39. The van der Waals surface area contributed by atoms with Crippen LogP contribution < -0.4 is 10.6 Å². The van der Waals surface area contributed by atoms with E-state index in [1.165, 1.54) is 11.8 Å². The Labute approximate surface area is 153 Å². The van der Waals surface area contributed by atoms with Gasteiger partial charge in [-0.05, 0) is 35.9 Å². The summed E-state index contributed by atoms with van der Waals surface area (Å²) in [6, 6.07) is 14.0. The van der Waals surface area contributed by atoms with Crippen LogP contribution in [-0.2, 0) is 4.79 Å². The molecular weight excluding hydrogens is 364 g/mol. The molecule has 1 fully saturated rings. The van der Waals surface area contributed by atoms with Gasteiger partial charge in [-0.25, -0.2) is 0 Å². The minimum atomic E-state index is -0.292. The monoisotopic (exact) mass is 374 g/mol. The second kappa shape index (κ2) is 7.17. The molecule has 0 atom stereocenters. The topological polar surface area (TPSA) is 58.2 Å². The first-order chi connectivity index (χ1) is 11.5. The zero-order valence-electron chi connectivity index (χ0n) is 12.2. The Balaban J connectivity index is 1.80. The molecule has 0 unspecified atom stereocenters. The maximum atomic E-state index is 12.3. The molecule has 120 valence electrons. The first-order valence-corrected chi connectivity index (χ1v) is 8.54. The standard InChI is InChI=1S/C17H11ClN2O2S2/c18-13-7-2-1-6-12(13)15(21)19-11-5-3-4-10(8-11)9-14-16(22)20-17(23)24-14/h1-9H,(H,19,21)(H,20,22,23)/b14-9+. The first kappa shape index (κ1) is 16.7. The van der Waals surface area contributed by atoms with E-state index in [0.717, 1.165) is 5.56 Å².